The molecule has 5 heteroatoms. The molecule has 1 saturated heterocycles. The number of hydrogen-bond donors (Lipinski definition) is 1. The lowest BCUT2D eigenvalue weighted by molar-refractivity contribution is 0.0908. The van der Waals surface area contributed by atoms with E-state index in [2.05, 4.69) is 40.9 Å². The van der Waals surface area contributed by atoms with E-state index < -0.39 is 0 Å². The molecule has 26 heavy (non-hydrogen) atoms. The highest BCUT2D eigenvalue weighted by atomic mass is 16.3. The van der Waals surface area contributed by atoms with Crippen LogP contribution in [-0.4, -0.2) is 41.6 Å². The molecule has 1 fully saturated rings. The summed E-state index contributed by atoms with van der Waals surface area (Å²) in [5.74, 6) is -0.0143. The van der Waals surface area contributed by atoms with Crippen LogP contribution < -0.4 is 5.32 Å². The maximum Gasteiger partial charge on any atom is 0.268 e. The number of amides is 1. The number of carbonyl (C=O) groups excluding carboxylic acids is 1. The molecule has 4 rings (SSSR count). The lowest BCUT2D eigenvalue weighted by Gasteiger charge is -2.29. The average Bonchev–Trinajstić information content (AvgIpc) is 3.21. The zero-order valence-electron chi connectivity index (χ0n) is 15.4. The van der Waals surface area contributed by atoms with Crippen LogP contribution in [-0.2, 0) is 6.54 Å². The van der Waals surface area contributed by atoms with Gasteiger partial charge in [-0.3, -0.25) is 4.79 Å². The molecule has 2 aromatic heterocycles. The normalized spacial score (nSPS) is 16.2. The third-order valence-corrected chi connectivity index (χ3v) is 5.40. The van der Waals surface area contributed by atoms with Crippen LogP contribution in [0.4, 0.5) is 0 Å². The Morgan fingerprint density at radius 2 is 2.00 bits per heavy atom. The van der Waals surface area contributed by atoms with Gasteiger partial charge < -0.3 is 19.2 Å². The molecule has 0 spiro atoms. The predicted octanol–water partition coefficient (Wildman–Crippen LogP) is 3.42. The van der Waals surface area contributed by atoms with E-state index in [4.69, 9.17) is 4.42 Å². The van der Waals surface area contributed by atoms with Crippen LogP contribution in [0.15, 0.2) is 47.1 Å². The van der Waals surface area contributed by atoms with Crippen molar-refractivity contribution >= 4 is 17.0 Å². The smallest absolute Gasteiger partial charge is 0.268 e. The summed E-state index contributed by atoms with van der Waals surface area (Å²) < 4.78 is 7.61. The van der Waals surface area contributed by atoms with Gasteiger partial charge in [-0.05, 0) is 51.0 Å². The largest absolute Gasteiger partial charge is 0.463 e. The quantitative estimate of drug-likeness (QED) is 0.784. The molecule has 1 aliphatic heterocycles. The van der Waals surface area contributed by atoms with Gasteiger partial charge in [-0.2, -0.15) is 0 Å². The third-order valence-electron chi connectivity index (χ3n) is 5.40. The van der Waals surface area contributed by atoms with E-state index in [1.54, 1.807) is 6.26 Å². The number of nitrogens with zero attached hydrogens (tertiary/aromatic N) is 2. The van der Waals surface area contributed by atoms with Crippen LogP contribution >= 0.6 is 0 Å². The summed E-state index contributed by atoms with van der Waals surface area (Å²) in [6.07, 6.45) is 3.67. The summed E-state index contributed by atoms with van der Waals surface area (Å²) in [7, 11) is 2.12. The van der Waals surface area contributed by atoms with Gasteiger partial charge in [0.05, 0.1) is 11.8 Å². The summed E-state index contributed by atoms with van der Waals surface area (Å²) in [4.78, 5) is 15.3. The monoisotopic (exact) mass is 351 g/mol. The van der Waals surface area contributed by atoms with Crippen molar-refractivity contribution < 1.29 is 9.21 Å². The molecule has 0 aliphatic carbocycles. The molecule has 1 aromatic carbocycles. The zero-order valence-corrected chi connectivity index (χ0v) is 15.4. The Hall–Kier alpha value is -2.53. The van der Waals surface area contributed by atoms with Crippen molar-refractivity contribution in [2.45, 2.75) is 32.4 Å². The molecule has 1 amide bonds. The fourth-order valence-corrected chi connectivity index (χ4v) is 3.71. The maximum absolute atomic E-state index is 13.0. The predicted molar refractivity (Wildman–Crippen MR) is 102 cm³/mol. The van der Waals surface area contributed by atoms with Crippen LogP contribution in [0.25, 0.3) is 11.1 Å². The van der Waals surface area contributed by atoms with E-state index >= 15 is 0 Å². The van der Waals surface area contributed by atoms with Gasteiger partial charge in [0.2, 0.25) is 0 Å². The first kappa shape index (κ1) is 16.9. The van der Waals surface area contributed by atoms with Crippen LogP contribution in [0.5, 0.6) is 0 Å². The minimum absolute atomic E-state index is 0.0143. The molecular weight excluding hydrogens is 326 g/mol. The number of likely N-dealkylation sites (tertiary alicyclic amines) is 1. The maximum atomic E-state index is 13.0. The molecule has 1 N–H and O–H groups in total. The number of aromatic nitrogens is 1. The topological polar surface area (TPSA) is 50.4 Å². The van der Waals surface area contributed by atoms with Gasteiger partial charge in [-0.1, -0.05) is 24.3 Å². The van der Waals surface area contributed by atoms with Gasteiger partial charge in [0, 0.05) is 24.7 Å². The zero-order chi connectivity index (χ0) is 18.1. The number of furan rings is 1. The summed E-state index contributed by atoms with van der Waals surface area (Å²) >= 11 is 0. The first-order valence-electron chi connectivity index (χ1n) is 9.22. The Bertz CT molecular complexity index is 916. The molecule has 5 nitrogen and oxygen atoms in total. The molecular formula is C21H25N3O2. The summed E-state index contributed by atoms with van der Waals surface area (Å²) in [5.41, 5.74) is 4.81. The van der Waals surface area contributed by atoms with Gasteiger partial charge in [-0.15, -0.1) is 0 Å². The van der Waals surface area contributed by atoms with E-state index in [1.165, 1.54) is 11.1 Å². The van der Waals surface area contributed by atoms with Crippen molar-refractivity contribution in [3.8, 4) is 0 Å². The second kappa shape index (κ2) is 7.00. The molecule has 136 valence electrons. The van der Waals surface area contributed by atoms with E-state index in [0.717, 1.165) is 37.0 Å². The number of hydrogen-bond acceptors (Lipinski definition) is 3. The Morgan fingerprint density at radius 1 is 1.23 bits per heavy atom. The minimum atomic E-state index is -0.0143. The first-order valence-corrected chi connectivity index (χ1v) is 9.22. The van der Waals surface area contributed by atoms with Gasteiger partial charge >= 0.3 is 0 Å². The number of nitrogens with one attached hydrogen (secondary N) is 1. The van der Waals surface area contributed by atoms with E-state index in [-0.39, 0.29) is 11.9 Å². The number of benzene rings is 1. The second-order valence-corrected chi connectivity index (χ2v) is 7.26. The fraction of sp³-hybridized carbons (Fsp3) is 0.381. The fourth-order valence-electron chi connectivity index (χ4n) is 3.71. The van der Waals surface area contributed by atoms with E-state index in [1.807, 2.05) is 24.3 Å². The van der Waals surface area contributed by atoms with Crippen molar-refractivity contribution in [1.29, 1.82) is 0 Å². The number of aryl methyl sites for hydroxylation is 1. The van der Waals surface area contributed by atoms with Gasteiger partial charge in [0.25, 0.3) is 5.91 Å². The number of carbonyl (C=O) groups is 1. The Kier molecular flexibility index (Phi) is 4.55. The van der Waals surface area contributed by atoms with Gasteiger partial charge in [0.15, 0.2) is 5.58 Å². The second-order valence-electron chi connectivity index (χ2n) is 7.26. The van der Waals surface area contributed by atoms with Crippen molar-refractivity contribution in [1.82, 2.24) is 14.8 Å². The average molecular weight is 351 g/mol. The third kappa shape index (κ3) is 3.27. The van der Waals surface area contributed by atoms with E-state index in [0.29, 0.717) is 12.2 Å². The van der Waals surface area contributed by atoms with Gasteiger partial charge in [0.1, 0.15) is 5.69 Å². The summed E-state index contributed by atoms with van der Waals surface area (Å²) in [6.45, 7) is 4.81. The molecule has 0 bridgehead atoms. The van der Waals surface area contributed by atoms with Crippen LogP contribution in [0.2, 0.25) is 0 Å². The van der Waals surface area contributed by atoms with Gasteiger partial charge in [-0.25, -0.2) is 0 Å². The highest BCUT2D eigenvalue weighted by Gasteiger charge is 2.23. The molecule has 3 heterocycles. The lowest BCUT2D eigenvalue weighted by atomic mass is 10.1. The van der Waals surface area contributed by atoms with Crippen molar-refractivity contribution in [3.05, 3.63) is 59.5 Å². The Labute approximate surface area is 153 Å². The van der Waals surface area contributed by atoms with Crippen LogP contribution in [0.1, 0.15) is 34.5 Å². The highest BCUT2D eigenvalue weighted by Crippen LogP contribution is 2.24. The van der Waals surface area contributed by atoms with Crippen LogP contribution in [0, 0.1) is 6.92 Å². The molecule has 0 saturated carbocycles. The minimum Gasteiger partial charge on any atom is -0.463 e. The summed E-state index contributed by atoms with van der Waals surface area (Å²) in [5, 5.41) is 3.22. The van der Waals surface area contributed by atoms with Crippen molar-refractivity contribution in [3.63, 3.8) is 0 Å². The molecule has 0 unspecified atom stereocenters. The molecule has 0 radical (unpaired) electrons. The first-order chi connectivity index (χ1) is 12.6. The Morgan fingerprint density at radius 3 is 2.77 bits per heavy atom. The van der Waals surface area contributed by atoms with Crippen molar-refractivity contribution in [2.24, 2.45) is 0 Å². The SMILES string of the molecule is Cc1ccccc1Cn1c(C(=O)NC2CCN(C)CC2)cc2occc21. The van der Waals surface area contributed by atoms with Crippen LogP contribution in [0.3, 0.4) is 0 Å². The standard InChI is InChI=1S/C21H25N3O2/c1-15-5-3-4-6-16(15)14-24-18-9-12-26-20(18)13-19(24)21(25)22-17-7-10-23(2)11-8-17/h3-6,9,12-13,17H,7-8,10-11,14H2,1-2H3,(H,22,25). The highest BCUT2D eigenvalue weighted by molar-refractivity contribution is 5.97. The Balaban J connectivity index is 1.61. The summed E-state index contributed by atoms with van der Waals surface area (Å²) in [6, 6.07) is 12.3. The van der Waals surface area contributed by atoms with E-state index in [9.17, 15) is 4.79 Å². The number of rotatable bonds is 4. The number of fused-ring (bicyclic) bond motifs is 1. The number of piperidine rings is 1. The molecule has 3 aromatic rings. The lowest BCUT2D eigenvalue weighted by Crippen LogP contribution is -2.43. The molecule has 1 aliphatic rings. The van der Waals surface area contributed by atoms with Crippen molar-refractivity contribution in [2.75, 3.05) is 20.1 Å². The molecule has 0 atom stereocenters.